The van der Waals surface area contributed by atoms with E-state index in [1.807, 2.05) is 27.2 Å². The van der Waals surface area contributed by atoms with E-state index >= 15 is 0 Å². The summed E-state index contributed by atoms with van der Waals surface area (Å²) in [7, 11) is 1.52. The Bertz CT molecular complexity index is 1300. The number of unbranched alkanes of at least 4 members (excludes halogenated alkanes) is 20. The van der Waals surface area contributed by atoms with E-state index in [0.29, 0.717) is 17.4 Å². The fourth-order valence-electron chi connectivity index (χ4n) is 6.83. The number of carbonyl (C=O) groups is 1. The van der Waals surface area contributed by atoms with Crippen molar-refractivity contribution in [3.05, 3.63) is 85.1 Å². The van der Waals surface area contributed by atoms with Crippen LogP contribution >= 0.6 is 7.82 Å². The van der Waals surface area contributed by atoms with Gasteiger partial charge in [0.25, 0.3) is 0 Å². The molecule has 3 N–H and O–H groups in total. The average molecular weight is 902 g/mol. The Balaban J connectivity index is 4.44. The van der Waals surface area contributed by atoms with Crippen LogP contribution in [0.25, 0.3) is 0 Å². The third-order valence-electron chi connectivity index (χ3n) is 10.8. The summed E-state index contributed by atoms with van der Waals surface area (Å²) in [4.78, 5) is 23.2. The molecule has 0 aromatic carbocycles. The molecule has 9 heteroatoms. The third-order valence-corrected chi connectivity index (χ3v) is 11.8. The number of hydrogen-bond acceptors (Lipinski definition) is 5. The van der Waals surface area contributed by atoms with Crippen molar-refractivity contribution in [2.75, 3.05) is 40.9 Å². The normalized spacial score (nSPS) is 14.8. The Labute approximate surface area is 388 Å². The fourth-order valence-corrected chi connectivity index (χ4v) is 7.56. The standard InChI is InChI=1S/C54H97N2O6P/c1-6-8-10-12-14-16-18-20-22-24-25-26-27-28-29-30-32-33-35-37-39-41-43-45-47-53(57)52(51-62-63(59,60)61-50-49-56(3,4)5)55-54(58)48-46-44-42-40-38-36-34-31-23-21-19-17-15-13-11-9-7-2/h9,11,15,17,21,23,30,32,34,36-37,39,45,47,52-53,57H,6-8,10,12-14,16,18-20,22,24-29,31,33,35,38,40-44,46,48-51H2,1-5H3,(H-,55,58,59,60)/p+1/b11-9-,17-15-,23-21-,32-30+,36-34-,39-37+,47-45+. The lowest BCUT2D eigenvalue weighted by Gasteiger charge is -2.25. The smallest absolute Gasteiger partial charge is 0.387 e. The molecule has 0 aromatic heterocycles. The lowest BCUT2D eigenvalue weighted by Crippen LogP contribution is -2.45. The minimum absolute atomic E-state index is 0.0440. The summed E-state index contributed by atoms with van der Waals surface area (Å²) in [6.45, 7) is 4.64. The topological polar surface area (TPSA) is 105 Å². The van der Waals surface area contributed by atoms with Crippen LogP contribution in [-0.4, -0.2) is 73.4 Å². The molecule has 63 heavy (non-hydrogen) atoms. The molecule has 8 nitrogen and oxygen atoms in total. The van der Waals surface area contributed by atoms with E-state index in [1.54, 1.807) is 6.08 Å². The molecule has 0 aliphatic heterocycles. The van der Waals surface area contributed by atoms with Crippen molar-refractivity contribution in [1.82, 2.24) is 5.32 Å². The number of nitrogens with zero attached hydrogens (tertiary/aromatic N) is 1. The van der Waals surface area contributed by atoms with Gasteiger partial charge in [-0.05, 0) is 83.5 Å². The Kier molecular flexibility index (Phi) is 43.2. The van der Waals surface area contributed by atoms with E-state index in [9.17, 15) is 19.4 Å². The summed E-state index contributed by atoms with van der Waals surface area (Å²) in [6, 6.07) is -0.888. The maximum Gasteiger partial charge on any atom is 0.472 e. The molecule has 0 saturated carbocycles. The first-order valence-corrected chi connectivity index (χ1v) is 27.0. The molecular weight excluding hydrogens is 804 g/mol. The second-order valence-electron chi connectivity index (χ2n) is 18.1. The van der Waals surface area contributed by atoms with Crippen molar-refractivity contribution in [2.24, 2.45) is 0 Å². The minimum Gasteiger partial charge on any atom is -0.387 e. The van der Waals surface area contributed by atoms with Gasteiger partial charge in [-0.3, -0.25) is 13.8 Å². The van der Waals surface area contributed by atoms with Crippen molar-refractivity contribution in [2.45, 2.75) is 212 Å². The van der Waals surface area contributed by atoms with Gasteiger partial charge in [-0.2, -0.15) is 0 Å². The largest absolute Gasteiger partial charge is 0.472 e. The molecule has 0 radical (unpaired) electrons. The van der Waals surface area contributed by atoms with Crippen LogP contribution in [0.3, 0.4) is 0 Å². The van der Waals surface area contributed by atoms with Gasteiger partial charge < -0.3 is 19.8 Å². The zero-order chi connectivity index (χ0) is 46.4. The predicted molar refractivity (Wildman–Crippen MR) is 272 cm³/mol. The Hall–Kier alpha value is -2.32. The Morgan fingerprint density at radius 1 is 0.556 bits per heavy atom. The van der Waals surface area contributed by atoms with E-state index in [0.717, 1.165) is 83.5 Å². The van der Waals surface area contributed by atoms with Crippen molar-refractivity contribution in [3.63, 3.8) is 0 Å². The quantitative estimate of drug-likeness (QED) is 0.0243. The van der Waals surface area contributed by atoms with Gasteiger partial charge >= 0.3 is 7.82 Å². The Morgan fingerprint density at radius 2 is 0.968 bits per heavy atom. The van der Waals surface area contributed by atoms with E-state index in [2.05, 4.69) is 92.1 Å². The number of aliphatic hydroxyl groups excluding tert-OH is 1. The van der Waals surface area contributed by atoms with E-state index in [4.69, 9.17) is 9.05 Å². The lowest BCUT2D eigenvalue weighted by molar-refractivity contribution is -0.870. The molecule has 0 saturated heterocycles. The number of hydrogen-bond donors (Lipinski definition) is 3. The molecule has 0 aromatic rings. The molecule has 0 aliphatic carbocycles. The molecular formula is C54H98N2O6P+. The van der Waals surface area contributed by atoms with Gasteiger partial charge in [0, 0.05) is 6.42 Å². The van der Waals surface area contributed by atoms with Gasteiger partial charge in [0.05, 0.1) is 39.9 Å². The van der Waals surface area contributed by atoms with Crippen molar-refractivity contribution in [3.8, 4) is 0 Å². The van der Waals surface area contributed by atoms with Gasteiger partial charge in [0.1, 0.15) is 13.2 Å². The zero-order valence-electron chi connectivity index (χ0n) is 41.3. The number of carbonyl (C=O) groups excluding carboxylic acids is 1. The Morgan fingerprint density at radius 3 is 1.46 bits per heavy atom. The number of amides is 1. The van der Waals surface area contributed by atoms with Gasteiger partial charge in [-0.1, -0.05) is 195 Å². The predicted octanol–water partition coefficient (Wildman–Crippen LogP) is 14.9. The number of phosphoric acid groups is 1. The highest BCUT2D eigenvalue weighted by molar-refractivity contribution is 7.47. The van der Waals surface area contributed by atoms with E-state index in [1.165, 1.54) is 96.3 Å². The van der Waals surface area contributed by atoms with Crippen LogP contribution in [0.1, 0.15) is 200 Å². The van der Waals surface area contributed by atoms with Gasteiger partial charge in [-0.15, -0.1) is 0 Å². The number of allylic oxidation sites excluding steroid dienone is 13. The first kappa shape index (κ1) is 60.7. The monoisotopic (exact) mass is 902 g/mol. The maximum atomic E-state index is 12.9. The molecule has 3 unspecified atom stereocenters. The molecule has 364 valence electrons. The summed E-state index contributed by atoms with van der Waals surface area (Å²) in [5, 5.41) is 13.8. The second kappa shape index (κ2) is 44.9. The van der Waals surface area contributed by atoms with E-state index in [-0.39, 0.29) is 19.1 Å². The highest BCUT2D eigenvalue weighted by atomic mass is 31.2. The number of nitrogens with one attached hydrogen (secondary N) is 1. The number of quaternary nitrogens is 1. The first-order valence-electron chi connectivity index (χ1n) is 25.5. The van der Waals surface area contributed by atoms with E-state index < -0.39 is 20.0 Å². The maximum absolute atomic E-state index is 12.9. The molecule has 0 rings (SSSR count). The molecule has 1 amide bonds. The zero-order valence-corrected chi connectivity index (χ0v) is 42.2. The average Bonchev–Trinajstić information content (AvgIpc) is 3.24. The summed E-state index contributed by atoms with van der Waals surface area (Å²) >= 11 is 0. The minimum atomic E-state index is -4.37. The van der Waals surface area contributed by atoms with Crippen LogP contribution < -0.4 is 5.32 Å². The van der Waals surface area contributed by atoms with Crippen LogP contribution in [-0.2, 0) is 18.4 Å². The van der Waals surface area contributed by atoms with Gasteiger partial charge in [0.2, 0.25) is 5.91 Å². The third kappa shape index (κ3) is 47.5. The SMILES string of the molecule is CC/C=C\C/C=C\C/C=C\C/C=C\CCCCCCC(=O)NC(COP(=O)(O)OCC[N+](C)(C)C)C(O)/C=C/CC/C=C/CC/C=C/CCCCCCCCCCCCCCCC. The molecule has 0 spiro atoms. The van der Waals surface area contributed by atoms with Crippen LogP contribution in [0.4, 0.5) is 0 Å². The lowest BCUT2D eigenvalue weighted by atomic mass is 10.0. The van der Waals surface area contributed by atoms with Crippen molar-refractivity contribution in [1.29, 1.82) is 0 Å². The number of aliphatic hydroxyl groups is 1. The number of rotatable bonds is 45. The molecule has 3 atom stereocenters. The summed E-state index contributed by atoms with van der Waals surface area (Å²) in [5.41, 5.74) is 0. The second-order valence-corrected chi connectivity index (χ2v) is 19.6. The highest BCUT2D eigenvalue weighted by Gasteiger charge is 2.27. The fraction of sp³-hybridized carbons (Fsp3) is 0.722. The summed E-state index contributed by atoms with van der Waals surface area (Å²) in [5.74, 6) is -0.217. The number of phosphoric ester groups is 1. The molecule has 0 fully saturated rings. The highest BCUT2D eigenvalue weighted by Crippen LogP contribution is 2.43. The van der Waals surface area contributed by atoms with Crippen molar-refractivity contribution < 1.29 is 32.9 Å². The number of likely N-dealkylation sites (N-methyl/N-ethyl adjacent to an activating group) is 1. The molecule has 0 heterocycles. The van der Waals surface area contributed by atoms with Gasteiger partial charge in [0.15, 0.2) is 0 Å². The molecule has 0 aliphatic rings. The van der Waals surface area contributed by atoms with Crippen LogP contribution in [0.2, 0.25) is 0 Å². The summed E-state index contributed by atoms with van der Waals surface area (Å²) in [6.07, 6.45) is 62.5. The van der Waals surface area contributed by atoms with Crippen LogP contribution in [0.5, 0.6) is 0 Å². The van der Waals surface area contributed by atoms with Gasteiger partial charge in [-0.25, -0.2) is 4.57 Å². The van der Waals surface area contributed by atoms with Crippen molar-refractivity contribution >= 4 is 13.7 Å². The first-order chi connectivity index (χ1) is 30.5. The van der Waals surface area contributed by atoms with Crippen LogP contribution in [0, 0.1) is 0 Å². The molecule has 0 bridgehead atoms. The van der Waals surface area contributed by atoms with Crippen LogP contribution in [0.15, 0.2) is 85.1 Å². The summed E-state index contributed by atoms with van der Waals surface area (Å²) < 4.78 is 23.6.